The zero-order chi connectivity index (χ0) is 13.8. The molecule has 1 aromatic carbocycles. The first-order valence-electron chi connectivity index (χ1n) is 6.80. The Balaban J connectivity index is 2.56. The maximum absolute atomic E-state index is 10.1. The van der Waals surface area contributed by atoms with Gasteiger partial charge in [0.15, 0.2) is 0 Å². The number of nitrogens with one attached hydrogen (secondary N) is 1. The first-order valence-corrected chi connectivity index (χ1v) is 6.80. The number of hydrogen-bond donors (Lipinski definition) is 2. The first-order chi connectivity index (χ1) is 8.30. The van der Waals surface area contributed by atoms with Gasteiger partial charge in [-0.3, -0.25) is 0 Å². The van der Waals surface area contributed by atoms with Gasteiger partial charge in [0, 0.05) is 6.54 Å². The van der Waals surface area contributed by atoms with Crippen LogP contribution < -0.4 is 5.32 Å². The summed E-state index contributed by atoms with van der Waals surface area (Å²) in [5.74, 6) is 0.612. The van der Waals surface area contributed by atoms with Crippen molar-refractivity contribution in [1.29, 1.82) is 0 Å². The van der Waals surface area contributed by atoms with E-state index in [2.05, 4.69) is 52.1 Å². The molecule has 0 amide bonds. The number of aliphatic hydroxyl groups is 1. The summed E-state index contributed by atoms with van der Waals surface area (Å²) in [5, 5.41) is 13.3. The molecule has 102 valence electrons. The van der Waals surface area contributed by atoms with Crippen LogP contribution in [0.15, 0.2) is 24.3 Å². The van der Waals surface area contributed by atoms with Crippen LogP contribution in [0.25, 0.3) is 0 Å². The Kier molecular flexibility index (Phi) is 5.36. The van der Waals surface area contributed by atoms with Gasteiger partial charge < -0.3 is 10.4 Å². The number of rotatable bonds is 5. The van der Waals surface area contributed by atoms with Crippen molar-refractivity contribution in [3.05, 3.63) is 35.4 Å². The number of aliphatic hydroxyl groups excluding tert-OH is 1. The van der Waals surface area contributed by atoms with Crippen LogP contribution in [-0.2, 0) is 5.41 Å². The van der Waals surface area contributed by atoms with Crippen LogP contribution in [0.2, 0.25) is 0 Å². The summed E-state index contributed by atoms with van der Waals surface area (Å²) in [5.41, 5.74) is 2.45. The summed E-state index contributed by atoms with van der Waals surface area (Å²) in [6, 6.07) is 8.28. The minimum absolute atomic E-state index is 0.166. The highest BCUT2D eigenvalue weighted by atomic mass is 16.3. The van der Waals surface area contributed by atoms with E-state index in [9.17, 15) is 5.11 Å². The van der Waals surface area contributed by atoms with Crippen molar-refractivity contribution < 1.29 is 5.11 Å². The molecule has 0 aliphatic heterocycles. The molecule has 0 saturated heterocycles. The third-order valence-electron chi connectivity index (χ3n) is 3.05. The fourth-order valence-electron chi connectivity index (χ4n) is 1.83. The molecule has 0 spiro atoms. The smallest absolute Gasteiger partial charge is 0.0914 e. The van der Waals surface area contributed by atoms with Crippen molar-refractivity contribution >= 4 is 0 Å². The van der Waals surface area contributed by atoms with Gasteiger partial charge in [0.25, 0.3) is 0 Å². The zero-order valence-corrected chi connectivity index (χ0v) is 12.3. The highest BCUT2D eigenvalue weighted by Crippen LogP contribution is 2.23. The third kappa shape index (κ3) is 4.79. The summed E-state index contributed by atoms with van der Waals surface area (Å²) in [4.78, 5) is 0. The van der Waals surface area contributed by atoms with E-state index in [-0.39, 0.29) is 5.41 Å². The van der Waals surface area contributed by atoms with Crippen LogP contribution >= 0.6 is 0 Å². The summed E-state index contributed by atoms with van der Waals surface area (Å²) in [7, 11) is 0. The van der Waals surface area contributed by atoms with Crippen LogP contribution in [0.5, 0.6) is 0 Å². The van der Waals surface area contributed by atoms with Gasteiger partial charge in [-0.25, -0.2) is 0 Å². The molecular formula is C16H27NO. The van der Waals surface area contributed by atoms with Crippen LogP contribution in [0, 0.1) is 5.92 Å². The van der Waals surface area contributed by atoms with E-state index in [0.717, 1.165) is 12.1 Å². The van der Waals surface area contributed by atoms with Crippen LogP contribution in [0.1, 0.15) is 51.8 Å². The van der Waals surface area contributed by atoms with E-state index >= 15 is 0 Å². The van der Waals surface area contributed by atoms with Gasteiger partial charge in [-0.05, 0) is 29.0 Å². The average molecular weight is 249 g/mol. The van der Waals surface area contributed by atoms with Gasteiger partial charge in [-0.2, -0.15) is 0 Å². The second kappa shape index (κ2) is 6.35. The average Bonchev–Trinajstić information content (AvgIpc) is 2.27. The summed E-state index contributed by atoms with van der Waals surface area (Å²) >= 11 is 0. The van der Waals surface area contributed by atoms with Crippen LogP contribution in [-0.4, -0.2) is 18.2 Å². The Bertz CT molecular complexity index is 348. The van der Waals surface area contributed by atoms with E-state index in [0.29, 0.717) is 12.5 Å². The molecule has 2 N–H and O–H groups in total. The molecule has 1 rings (SSSR count). The molecule has 0 aliphatic rings. The normalized spacial score (nSPS) is 13.9. The standard InChI is InChI=1S/C16H27NO/c1-12(2)10-17-11-15(18)13-6-8-14(9-7-13)16(3,4)5/h6-9,12,15,17-18H,10-11H2,1-5H3. The molecule has 0 heterocycles. The predicted octanol–water partition coefficient (Wildman–Crippen LogP) is 3.26. The second-order valence-corrected chi connectivity index (χ2v) is 6.44. The molecule has 0 aliphatic carbocycles. The Labute approximate surface area is 111 Å². The van der Waals surface area contributed by atoms with E-state index in [1.807, 2.05) is 12.1 Å². The predicted molar refractivity (Wildman–Crippen MR) is 77.8 cm³/mol. The van der Waals surface area contributed by atoms with Crippen LogP contribution in [0.3, 0.4) is 0 Å². The minimum Gasteiger partial charge on any atom is -0.387 e. The van der Waals surface area contributed by atoms with Gasteiger partial charge in [-0.1, -0.05) is 58.9 Å². The zero-order valence-electron chi connectivity index (χ0n) is 12.3. The summed E-state index contributed by atoms with van der Waals surface area (Å²) < 4.78 is 0. The highest BCUT2D eigenvalue weighted by Gasteiger charge is 2.14. The maximum atomic E-state index is 10.1. The Morgan fingerprint density at radius 1 is 1.06 bits per heavy atom. The largest absolute Gasteiger partial charge is 0.387 e. The molecule has 0 fully saturated rings. The monoisotopic (exact) mass is 249 g/mol. The lowest BCUT2D eigenvalue weighted by Gasteiger charge is -2.20. The Morgan fingerprint density at radius 2 is 1.61 bits per heavy atom. The molecule has 18 heavy (non-hydrogen) atoms. The van der Waals surface area contributed by atoms with Crippen molar-refractivity contribution in [2.24, 2.45) is 5.92 Å². The van der Waals surface area contributed by atoms with Crippen molar-refractivity contribution in [2.75, 3.05) is 13.1 Å². The van der Waals surface area contributed by atoms with E-state index in [1.54, 1.807) is 0 Å². The number of benzene rings is 1. The van der Waals surface area contributed by atoms with Crippen molar-refractivity contribution in [1.82, 2.24) is 5.32 Å². The lowest BCUT2D eigenvalue weighted by atomic mass is 9.86. The summed E-state index contributed by atoms with van der Waals surface area (Å²) in [6.07, 6.45) is -0.419. The molecule has 1 unspecified atom stereocenters. The first kappa shape index (κ1) is 15.2. The Hall–Kier alpha value is -0.860. The van der Waals surface area contributed by atoms with Gasteiger partial charge >= 0.3 is 0 Å². The molecule has 0 bridgehead atoms. The molecule has 0 saturated carbocycles. The third-order valence-corrected chi connectivity index (χ3v) is 3.05. The molecule has 1 atom stereocenters. The lowest BCUT2D eigenvalue weighted by molar-refractivity contribution is 0.173. The SMILES string of the molecule is CC(C)CNCC(O)c1ccc(C(C)(C)C)cc1. The minimum atomic E-state index is -0.419. The van der Waals surface area contributed by atoms with E-state index in [1.165, 1.54) is 5.56 Å². The van der Waals surface area contributed by atoms with Crippen molar-refractivity contribution in [3.63, 3.8) is 0 Å². The van der Waals surface area contributed by atoms with E-state index in [4.69, 9.17) is 0 Å². The highest BCUT2D eigenvalue weighted by molar-refractivity contribution is 5.28. The van der Waals surface area contributed by atoms with Crippen molar-refractivity contribution in [2.45, 2.75) is 46.1 Å². The van der Waals surface area contributed by atoms with Gasteiger partial charge in [0.1, 0.15) is 0 Å². The molecule has 0 radical (unpaired) electrons. The molecule has 2 heteroatoms. The Morgan fingerprint density at radius 3 is 2.06 bits per heavy atom. The quantitative estimate of drug-likeness (QED) is 0.839. The molecule has 0 aromatic heterocycles. The fraction of sp³-hybridized carbons (Fsp3) is 0.625. The van der Waals surface area contributed by atoms with Crippen molar-refractivity contribution in [3.8, 4) is 0 Å². The van der Waals surface area contributed by atoms with E-state index < -0.39 is 6.10 Å². The van der Waals surface area contributed by atoms with Crippen LogP contribution in [0.4, 0.5) is 0 Å². The van der Waals surface area contributed by atoms with Gasteiger partial charge in [-0.15, -0.1) is 0 Å². The fourth-order valence-corrected chi connectivity index (χ4v) is 1.83. The summed E-state index contributed by atoms with van der Waals surface area (Å²) in [6.45, 7) is 12.5. The molecule has 2 nitrogen and oxygen atoms in total. The topological polar surface area (TPSA) is 32.3 Å². The molecule has 1 aromatic rings. The van der Waals surface area contributed by atoms with Gasteiger partial charge in [0.05, 0.1) is 6.10 Å². The second-order valence-electron chi connectivity index (χ2n) is 6.44. The molecular weight excluding hydrogens is 222 g/mol. The van der Waals surface area contributed by atoms with Gasteiger partial charge in [0.2, 0.25) is 0 Å². The maximum Gasteiger partial charge on any atom is 0.0914 e. The lowest BCUT2D eigenvalue weighted by Crippen LogP contribution is -2.25. The number of hydrogen-bond acceptors (Lipinski definition) is 2.